The topological polar surface area (TPSA) is 92.1 Å². The number of rotatable bonds is 10. The second-order valence-electron chi connectivity index (χ2n) is 8.42. The highest BCUT2D eigenvalue weighted by atomic mass is 16.5. The lowest BCUT2D eigenvalue weighted by atomic mass is 9.98. The highest BCUT2D eigenvalue weighted by Gasteiger charge is 2.37. The predicted octanol–water partition coefficient (Wildman–Crippen LogP) is 3.64. The number of carboxylic acids is 1. The second-order valence-corrected chi connectivity index (χ2v) is 8.42. The Labute approximate surface area is 204 Å². The summed E-state index contributed by atoms with van der Waals surface area (Å²) in [6.45, 7) is 2.48. The van der Waals surface area contributed by atoms with Crippen molar-refractivity contribution in [3.05, 3.63) is 100.0 Å². The minimum Gasteiger partial charge on any atom is -0.487 e. The summed E-state index contributed by atoms with van der Waals surface area (Å²) < 4.78 is 7.52. The Kier molecular flexibility index (Phi) is 7.50. The molecule has 8 nitrogen and oxygen atoms in total. The average molecular weight is 476 g/mol. The molecule has 2 aromatic carbocycles. The maximum atomic E-state index is 13.5. The second kappa shape index (κ2) is 10.9. The van der Waals surface area contributed by atoms with E-state index < -0.39 is 11.9 Å². The number of carbonyl (C=O) groups is 2. The molecule has 1 aliphatic heterocycles. The maximum Gasteiger partial charge on any atom is 0.305 e. The van der Waals surface area contributed by atoms with Gasteiger partial charge in [0, 0.05) is 18.8 Å². The van der Waals surface area contributed by atoms with Crippen LogP contribution in [0.2, 0.25) is 0 Å². The van der Waals surface area contributed by atoms with Gasteiger partial charge in [0.05, 0.1) is 19.1 Å². The maximum absolute atomic E-state index is 13.5. The molecular weight excluding hydrogens is 446 g/mol. The number of benzene rings is 2. The fraction of sp³-hybridized carbons (Fsp3) is 0.296. The van der Waals surface area contributed by atoms with Gasteiger partial charge in [-0.15, -0.1) is 0 Å². The molecule has 0 atom stereocenters. The van der Waals surface area contributed by atoms with Crippen molar-refractivity contribution < 1.29 is 19.4 Å². The molecule has 0 bridgehead atoms. The monoisotopic (exact) mass is 475 g/mol. The third kappa shape index (κ3) is 5.21. The third-order valence-electron chi connectivity index (χ3n) is 5.99. The van der Waals surface area contributed by atoms with E-state index in [0.717, 1.165) is 24.0 Å². The van der Waals surface area contributed by atoms with Crippen molar-refractivity contribution in [2.75, 3.05) is 24.8 Å². The summed E-state index contributed by atoms with van der Waals surface area (Å²) in [6, 6.07) is 20.8. The van der Waals surface area contributed by atoms with Gasteiger partial charge in [-0.05, 0) is 17.5 Å². The van der Waals surface area contributed by atoms with Gasteiger partial charge in [-0.3, -0.25) is 24.1 Å². The van der Waals surface area contributed by atoms with E-state index in [-0.39, 0.29) is 42.5 Å². The Morgan fingerprint density at radius 1 is 1.00 bits per heavy atom. The highest BCUT2D eigenvalue weighted by Crippen LogP contribution is 2.32. The first kappa shape index (κ1) is 24.1. The van der Waals surface area contributed by atoms with E-state index in [1.165, 1.54) is 11.0 Å². The zero-order valence-electron chi connectivity index (χ0n) is 19.7. The number of nitrogens with zero attached hydrogens (tertiary/aromatic N) is 3. The van der Waals surface area contributed by atoms with Gasteiger partial charge in [0.2, 0.25) is 5.43 Å². The Balaban J connectivity index is 1.88. The SMILES string of the molecule is CCCCOc1c2n(ccc1=O)N(C(c1ccccc1)c1ccccc1)CN(CCC(=O)O)C2=O. The van der Waals surface area contributed by atoms with Gasteiger partial charge in [0.1, 0.15) is 6.67 Å². The normalized spacial score (nSPS) is 13.1. The molecule has 0 saturated heterocycles. The van der Waals surface area contributed by atoms with E-state index >= 15 is 0 Å². The number of aromatic nitrogens is 1. The van der Waals surface area contributed by atoms with Crippen LogP contribution in [-0.2, 0) is 4.79 Å². The molecule has 1 aromatic heterocycles. The molecule has 0 spiro atoms. The first-order chi connectivity index (χ1) is 17.0. The summed E-state index contributed by atoms with van der Waals surface area (Å²) in [5.41, 5.74) is 1.72. The minimum atomic E-state index is -0.998. The zero-order valence-corrected chi connectivity index (χ0v) is 19.7. The van der Waals surface area contributed by atoms with Crippen LogP contribution in [0.1, 0.15) is 53.8 Å². The van der Waals surface area contributed by atoms with Gasteiger partial charge in [-0.25, -0.2) is 0 Å². The van der Waals surface area contributed by atoms with Crippen LogP contribution in [0.4, 0.5) is 0 Å². The number of fused-ring (bicyclic) bond motifs is 1. The van der Waals surface area contributed by atoms with Crippen LogP contribution in [0.25, 0.3) is 0 Å². The standard InChI is InChI=1S/C27H29N3O5/c1-2-3-18-35-26-22(31)14-17-29-25(26)27(34)28(16-15-23(32)33)19-30(29)24(20-10-6-4-7-11-20)21-12-8-5-9-13-21/h4-14,17,24H,2-3,15-16,18-19H2,1H3,(H,32,33). The van der Waals surface area contributed by atoms with Crippen LogP contribution in [0.15, 0.2) is 77.7 Å². The van der Waals surface area contributed by atoms with Crippen molar-refractivity contribution in [2.24, 2.45) is 0 Å². The fourth-order valence-corrected chi connectivity index (χ4v) is 4.25. The summed E-state index contributed by atoms with van der Waals surface area (Å²) in [5.74, 6) is -1.43. The van der Waals surface area contributed by atoms with Crippen LogP contribution in [-0.4, -0.2) is 46.4 Å². The van der Waals surface area contributed by atoms with Crippen LogP contribution in [0.3, 0.4) is 0 Å². The molecule has 2 heterocycles. The first-order valence-electron chi connectivity index (χ1n) is 11.8. The molecule has 1 N–H and O–H groups in total. The van der Waals surface area contributed by atoms with Crippen LogP contribution < -0.4 is 15.2 Å². The smallest absolute Gasteiger partial charge is 0.305 e. The van der Waals surface area contributed by atoms with E-state index in [0.29, 0.717) is 6.61 Å². The number of unbranched alkanes of at least 4 members (excludes halogenated alkanes) is 1. The van der Waals surface area contributed by atoms with E-state index in [2.05, 4.69) is 0 Å². The molecule has 4 rings (SSSR count). The van der Waals surface area contributed by atoms with Crippen molar-refractivity contribution in [2.45, 2.75) is 32.2 Å². The molecule has 0 saturated carbocycles. The Bertz CT molecular complexity index is 1190. The molecular formula is C27H29N3O5. The molecule has 1 amide bonds. The average Bonchev–Trinajstić information content (AvgIpc) is 2.87. The number of hydrogen-bond donors (Lipinski definition) is 1. The molecule has 0 fully saturated rings. The lowest BCUT2D eigenvalue weighted by Gasteiger charge is -2.44. The van der Waals surface area contributed by atoms with Gasteiger partial charge in [0.15, 0.2) is 11.4 Å². The zero-order chi connectivity index (χ0) is 24.8. The molecule has 0 unspecified atom stereocenters. The number of amides is 1. The number of pyridine rings is 1. The van der Waals surface area contributed by atoms with Crippen LogP contribution in [0, 0.1) is 0 Å². The summed E-state index contributed by atoms with van der Waals surface area (Å²) in [5, 5.41) is 11.2. The van der Waals surface area contributed by atoms with E-state index in [4.69, 9.17) is 4.74 Å². The number of hydrogen-bond acceptors (Lipinski definition) is 5. The van der Waals surface area contributed by atoms with E-state index in [1.54, 1.807) is 10.9 Å². The van der Waals surface area contributed by atoms with E-state index in [1.807, 2.05) is 72.6 Å². The van der Waals surface area contributed by atoms with Crippen molar-refractivity contribution in [3.8, 4) is 5.75 Å². The van der Waals surface area contributed by atoms with E-state index in [9.17, 15) is 19.5 Å². The van der Waals surface area contributed by atoms with Crippen molar-refractivity contribution in [1.29, 1.82) is 0 Å². The van der Waals surface area contributed by atoms with Crippen LogP contribution >= 0.6 is 0 Å². The number of carbonyl (C=O) groups excluding carboxylic acids is 1. The summed E-state index contributed by atoms with van der Waals surface area (Å²) in [4.78, 5) is 39.1. The summed E-state index contributed by atoms with van der Waals surface area (Å²) in [6.07, 6.45) is 3.01. The molecule has 0 aliphatic carbocycles. The lowest BCUT2D eigenvalue weighted by Crippen LogP contribution is -2.56. The minimum absolute atomic E-state index is 0.00384. The Morgan fingerprint density at radius 3 is 2.20 bits per heavy atom. The molecule has 0 radical (unpaired) electrons. The number of aliphatic carboxylic acids is 1. The Hall–Kier alpha value is -4.07. The molecule has 182 valence electrons. The fourth-order valence-electron chi connectivity index (χ4n) is 4.25. The molecule has 3 aromatic rings. The quantitative estimate of drug-likeness (QED) is 0.450. The molecule has 1 aliphatic rings. The first-order valence-corrected chi connectivity index (χ1v) is 11.8. The third-order valence-corrected chi connectivity index (χ3v) is 5.99. The lowest BCUT2D eigenvalue weighted by molar-refractivity contribution is -0.137. The molecule has 8 heteroatoms. The highest BCUT2D eigenvalue weighted by molar-refractivity contribution is 5.96. The number of carboxylic acid groups (broad SMARTS) is 1. The Morgan fingerprint density at radius 2 is 1.63 bits per heavy atom. The van der Waals surface area contributed by atoms with Gasteiger partial charge >= 0.3 is 5.97 Å². The van der Waals surface area contributed by atoms with Gasteiger partial charge in [-0.2, -0.15) is 0 Å². The number of ether oxygens (including phenoxy) is 1. The van der Waals surface area contributed by atoms with Crippen molar-refractivity contribution in [3.63, 3.8) is 0 Å². The van der Waals surface area contributed by atoms with Gasteiger partial charge < -0.3 is 14.7 Å². The van der Waals surface area contributed by atoms with Gasteiger partial charge in [0.25, 0.3) is 5.91 Å². The largest absolute Gasteiger partial charge is 0.487 e. The molecule has 35 heavy (non-hydrogen) atoms. The summed E-state index contributed by atoms with van der Waals surface area (Å²) in [7, 11) is 0. The van der Waals surface area contributed by atoms with Gasteiger partial charge in [-0.1, -0.05) is 74.0 Å². The summed E-state index contributed by atoms with van der Waals surface area (Å²) >= 11 is 0. The van der Waals surface area contributed by atoms with Crippen molar-refractivity contribution >= 4 is 11.9 Å². The predicted molar refractivity (Wildman–Crippen MR) is 132 cm³/mol. The van der Waals surface area contributed by atoms with Crippen LogP contribution in [0.5, 0.6) is 5.75 Å². The van der Waals surface area contributed by atoms with Crippen molar-refractivity contribution in [1.82, 2.24) is 9.58 Å².